The lowest BCUT2D eigenvalue weighted by molar-refractivity contribution is -0.112. The van der Waals surface area contributed by atoms with Crippen LogP contribution in [0.2, 0.25) is 10.0 Å². The van der Waals surface area contributed by atoms with E-state index in [1.165, 1.54) is 6.08 Å². The molecule has 0 unspecified atom stereocenters. The first-order valence-electron chi connectivity index (χ1n) is 10.2. The summed E-state index contributed by atoms with van der Waals surface area (Å²) < 4.78 is 11.5. The molecule has 0 atom stereocenters. The topological polar surface area (TPSA) is 71.3 Å². The van der Waals surface area contributed by atoms with Crippen LogP contribution in [0.1, 0.15) is 25.0 Å². The predicted molar refractivity (Wildman–Crippen MR) is 132 cm³/mol. The van der Waals surface area contributed by atoms with Gasteiger partial charge in [-0.15, -0.1) is 0 Å². The van der Waals surface area contributed by atoms with Crippen molar-refractivity contribution in [3.63, 3.8) is 0 Å². The highest BCUT2D eigenvalue weighted by molar-refractivity contribution is 6.31. The van der Waals surface area contributed by atoms with Crippen molar-refractivity contribution < 1.29 is 14.3 Å². The van der Waals surface area contributed by atoms with Crippen molar-refractivity contribution in [1.82, 2.24) is 0 Å². The van der Waals surface area contributed by atoms with Crippen LogP contribution in [0.25, 0.3) is 6.08 Å². The van der Waals surface area contributed by atoms with Crippen LogP contribution >= 0.6 is 23.2 Å². The summed E-state index contributed by atoms with van der Waals surface area (Å²) in [7, 11) is 0. The lowest BCUT2D eigenvalue weighted by atomic mass is 10.1. The first-order chi connectivity index (χ1) is 15.9. The van der Waals surface area contributed by atoms with Crippen LogP contribution in [0.3, 0.4) is 0 Å². The Morgan fingerprint density at radius 3 is 2.48 bits per heavy atom. The SMILES string of the molecule is CC(C)Oc1ccc(Cl)cc1/C=C(\C#N)C(=O)Nc1ccc(OCc2ccccc2Cl)cc1. The fourth-order valence-corrected chi connectivity index (χ4v) is 3.28. The second-order valence-corrected chi connectivity index (χ2v) is 8.22. The molecule has 0 aromatic heterocycles. The molecule has 0 heterocycles. The third kappa shape index (κ3) is 7.01. The molecule has 0 aliphatic carbocycles. The third-order valence-corrected chi connectivity index (χ3v) is 5.07. The molecule has 5 nitrogen and oxygen atoms in total. The predicted octanol–water partition coefficient (Wildman–Crippen LogP) is 6.91. The lowest BCUT2D eigenvalue weighted by Crippen LogP contribution is -2.13. The zero-order chi connectivity index (χ0) is 23.8. The monoisotopic (exact) mass is 480 g/mol. The molecule has 33 heavy (non-hydrogen) atoms. The summed E-state index contributed by atoms with van der Waals surface area (Å²) >= 11 is 12.2. The molecule has 0 bridgehead atoms. The van der Waals surface area contributed by atoms with E-state index in [-0.39, 0.29) is 11.7 Å². The lowest BCUT2D eigenvalue weighted by Gasteiger charge is -2.13. The van der Waals surface area contributed by atoms with E-state index in [0.717, 1.165) is 5.56 Å². The summed E-state index contributed by atoms with van der Waals surface area (Å²) in [6.45, 7) is 4.11. The number of nitriles is 1. The van der Waals surface area contributed by atoms with Gasteiger partial charge in [-0.3, -0.25) is 4.79 Å². The summed E-state index contributed by atoms with van der Waals surface area (Å²) in [5, 5.41) is 13.4. The van der Waals surface area contributed by atoms with E-state index in [0.29, 0.717) is 39.4 Å². The van der Waals surface area contributed by atoms with E-state index in [1.54, 1.807) is 48.5 Å². The summed E-state index contributed by atoms with van der Waals surface area (Å²) in [5.74, 6) is 0.617. The van der Waals surface area contributed by atoms with E-state index in [2.05, 4.69) is 5.32 Å². The van der Waals surface area contributed by atoms with Crippen molar-refractivity contribution in [3.05, 3.63) is 93.5 Å². The molecule has 0 aliphatic rings. The summed E-state index contributed by atoms with van der Waals surface area (Å²) in [4.78, 5) is 12.7. The number of carbonyl (C=O) groups is 1. The molecule has 0 fully saturated rings. The van der Waals surface area contributed by atoms with E-state index in [9.17, 15) is 10.1 Å². The Bertz CT molecular complexity index is 1200. The minimum absolute atomic E-state index is 0.0728. The Hall–Kier alpha value is -3.46. The molecule has 1 N–H and O–H groups in total. The van der Waals surface area contributed by atoms with E-state index in [4.69, 9.17) is 32.7 Å². The molecule has 3 aromatic carbocycles. The number of nitrogens with zero attached hydrogens (tertiary/aromatic N) is 1. The maximum Gasteiger partial charge on any atom is 0.266 e. The Morgan fingerprint density at radius 2 is 1.82 bits per heavy atom. The van der Waals surface area contributed by atoms with Gasteiger partial charge >= 0.3 is 0 Å². The Morgan fingerprint density at radius 1 is 1.09 bits per heavy atom. The number of hydrogen-bond acceptors (Lipinski definition) is 4. The highest BCUT2D eigenvalue weighted by atomic mass is 35.5. The van der Waals surface area contributed by atoms with E-state index < -0.39 is 5.91 Å². The Labute approximate surface area is 203 Å². The first-order valence-corrected chi connectivity index (χ1v) is 11.0. The minimum Gasteiger partial charge on any atom is -0.490 e. The number of carbonyl (C=O) groups excluding carboxylic acids is 1. The normalized spacial score (nSPS) is 11.1. The number of halogens is 2. The van der Waals surface area contributed by atoms with Gasteiger partial charge in [0.05, 0.1) is 6.10 Å². The van der Waals surface area contributed by atoms with Crippen molar-refractivity contribution in [2.24, 2.45) is 0 Å². The smallest absolute Gasteiger partial charge is 0.266 e. The standard InChI is InChI=1S/C26H22Cl2N2O3/c1-17(2)33-25-12-7-21(27)14-19(25)13-20(15-29)26(31)30-22-8-10-23(11-9-22)32-16-18-5-3-4-6-24(18)28/h3-14,17H,16H2,1-2H3,(H,30,31)/b20-13+. The average Bonchev–Trinajstić information content (AvgIpc) is 2.79. The van der Waals surface area contributed by atoms with E-state index in [1.807, 2.05) is 38.1 Å². The van der Waals surface area contributed by atoms with Gasteiger partial charge in [0.2, 0.25) is 0 Å². The molecule has 0 spiro atoms. The fraction of sp³-hybridized carbons (Fsp3) is 0.154. The number of nitrogens with one attached hydrogen (secondary N) is 1. The van der Waals surface area contributed by atoms with Crippen LogP contribution in [0, 0.1) is 11.3 Å². The fourth-order valence-electron chi connectivity index (χ4n) is 2.91. The zero-order valence-corrected chi connectivity index (χ0v) is 19.7. The Kier molecular flexibility index (Phi) is 8.37. The number of ether oxygens (including phenoxy) is 2. The largest absolute Gasteiger partial charge is 0.490 e. The van der Waals surface area contributed by atoms with Crippen molar-refractivity contribution in [2.75, 3.05) is 5.32 Å². The van der Waals surface area contributed by atoms with Gasteiger partial charge < -0.3 is 14.8 Å². The number of amides is 1. The molecule has 0 radical (unpaired) electrons. The Balaban J connectivity index is 1.69. The van der Waals surface area contributed by atoms with Crippen molar-refractivity contribution in [2.45, 2.75) is 26.6 Å². The second kappa shape index (κ2) is 11.4. The molecular weight excluding hydrogens is 459 g/mol. The molecular formula is C26H22Cl2N2O3. The van der Waals surface area contributed by atoms with Crippen molar-refractivity contribution in [1.29, 1.82) is 5.26 Å². The van der Waals surface area contributed by atoms with Gasteiger partial charge in [0.15, 0.2) is 0 Å². The van der Waals surface area contributed by atoms with Crippen molar-refractivity contribution >= 4 is 40.9 Å². The van der Waals surface area contributed by atoms with Gasteiger partial charge in [0, 0.05) is 26.9 Å². The molecule has 3 aromatic rings. The molecule has 0 aliphatic heterocycles. The minimum atomic E-state index is -0.544. The average molecular weight is 481 g/mol. The second-order valence-electron chi connectivity index (χ2n) is 7.38. The van der Waals surface area contributed by atoms with E-state index >= 15 is 0 Å². The van der Waals surface area contributed by atoms with Gasteiger partial charge in [-0.05, 0) is 68.5 Å². The van der Waals surface area contributed by atoms with Gasteiger partial charge in [0.1, 0.15) is 29.7 Å². The van der Waals surface area contributed by atoms with Crippen LogP contribution in [0.5, 0.6) is 11.5 Å². The molecule has 3 rings (SSSR count). The molecule has 0 saturated heterocycles. The zero-order valence-electron chi connectivity index (χ0n) is 18.1. The van der Waals surface area contributed by atoms with Gasteiger partial charge in [-0.25, -0.2) is 0 Å². The van der Waals surface area contributed by atoms with Crippen LogP contribution in [0.4, 0.5) is 5.69 Å². The van der Waals surface area contributed by atoms with Crippen LogP contribution in [-0.4, -0.2) is 12.0 Å². The number of anilines is 1. The summed E-state index contributed by atoms with van der Waals surface area (Å²) in [6, 6.07) is 21.3. The third-order valence-electron chi connectivity index (χ3n) is 4.46. The van der Waals surface area contributed by atoms with Gasteiger partial charge in [0.25, 0.3) is 5.91 Å². The van der Waals surface area contributed by atoms with Crippen LogP contribution in [-0.2, 0) is 11.4 Å². The van der Waals surface area contributed by atoms with Crippen LogP contribution < -0.4 is 14.8 Å². The highest BCUT2D eigenvalue weighted by Gasteiger charge is 2.13. The van der Waals surface area contributed by atoms with Crippen molar-refractivity contribution in [3.8, 4) is 17.6 Å². The quantitative estimate of drug-likeness (QED) is 0.281. The molecule has 0 saturated carbocycles. The number of rotatable bonds is 8. The number of hydrogen-bond donors (Lipinski definition) is 1. The summed E-state index contributed by atoms with van der Waals surface area (Å²) in [5.41, 5.74) is 1.87. The molecule has 1 amide bonds. The van der Waals surface area contributed by atoms with Gasteiger partial charge in [-0.1, -0.05) is 41.4 Å². The highest BCUT2D eigenvalue weighted by Crippen LogP contribution is 2.27. The number of benzene rings is 3. The molecule has 7 heteroatoms. The van der Waals surface area contributed by atoms with Crippen LogP contribution in [0.15, 0.2) is 72.3 Å². The maximum absolute atomic E-state index is 12.7. The maximum atomic E-state index is 12.7. The first kappa shape index (κ1) is 24.2. The molecule has 168 valence electrons. The summed E-state index contributed by atoms with van der Waals surface area (Å²) in [6.07, 6.45) is 1.39. The van der Waals surface area contributed by atoms with Gasteiger partial charge in [-0.2, -0.15) is 5.26 Å².